The number of methoxy groups -OCH3 is 1. The molecule has 0 spiro atoms. The number of carbonyl (C=O) groups is 1. The largest absolute Gasteiger partial charge is 0.507 e. The lowest BCUT2D eigenvalue weighted by atomic mass is 9.99. The Bertz CT molecular complexity index is 588. The normalized spacial score (nSPS) is 10.1. The Hall–Kier alpha value is -2.29. The average Bonchev–Trinajstić information content (AvgIpc) is 2.38. The Kier molecular flexibility index (Phi) is 3.33. The number of aryl methyl sites for hydroxylation is 1. The molecule has 92 valence electrons. The van der Waals surface area contributed by atoms with Crippen LogP contribution in [0.25, 0.3) is 11.1 Å². The number of hydrogen-bond acceptors (Lipinski definition) is 3. The van der Waals surface area contributed by atoms with Crippen molar-refractivity contribution in [2.45, 2.75) is 6.92 Å². The minimum absolute atomic E-state index is 0.0670. The fraction of sp³-hybridized carbons (Fsp3) is 0.133. The van der Waals surface area contributed by atoms with E-state index in [0.29, 0.717) is 0 Å². The fourth-order valence-corrected chi connectivity index (χ4v) is 1.88. The van der Waals surface area contributed by atoms with Gasteiger partial charge < -0.3 is 9.84 Å². The molecule has 0 bridgehead atoms. The highest BCUT2D eigenvalue weighted by Crippen LogP contribution is 2.28. The van der Waals surface area contributed by atoms with Crippen LogP contribution in [-0.2, 0) is 4.74 Å². The first-order valence-electron chi connectivity index (χ1n) is 5.61. The quantitative estimate of drug-likeness (QED) is 0.823. The SMILES string of the molecule is COC(=O)c1ccc(-c2ccccc2C)cc1O. The number of phenols is 1. The second-order valence-electron chi connectivity index (χ2n) is 4.04. The van der Waals surface area contributed by atoms with Gasteiger partial charge in [0.2, 0.25) is 0 Å². The molecule has 0 radical (unpaired) electrons. The van der Waals surface area contributed by atoms with Crippen LogP contribution in [0.1, 0.15) is 15.9 Å². The van der Waals surface area contributed by atoms with E-state index in [1.54, 1.807) is 18.2 Å². The number of aromatic hydroxyl groups is 1. The molecule has 0 saturated carbocycles. The second-order valence-corrected chi connectivity index (χ2v) is 4.04. The Morgan fingerprint density at radius 2 is 1.89 bits per heavy atom. The van der Waals surface area contributed by atoms with Crippen LogP contribution in [0.2, 0.25) is 0 Å². The van der Waals surface area contributed by atoms with Crippen LogP contribution in [0.4, 0.5) is 0 Å². The van der Waals surface area contributed by atoms with Crippen molar-refractivity contribution in [1.82, 2.24) is 0 Å². The third kappa shape index (κ3) is 2.20. The van der Waals surface area contributed by atoms with Crippen LogP contribution in [0, 0.1) is 6.92 Å². The van der Waals surface area contributed by atoms with E-state index >= 15 is 0 Å². The fourth-order valence-electron chi connectivity index (χ4n) is 1.88. The summed E-state index contributed by atoms with van der Waals surface area (Å²) in [6, 6.07) is 12.8. The van der Waals surface area contributed by atoms with Crippen LogP contribution in [-0.4, -0.2) is 18.2 Å². The lowest BCUT2D eigenvalue weighted by Gasteiger charge is -2.08. The van der Waals surface area contributed by atoms with Crippen molar-refractivity contribution >= 4 is 5.97 Å². The van der Waals surface area contributed by atoms with E-state index < -0.39 is 5.97 Å². The standard InChI is InChI=1S/C15H14O3/c1-10-5-3-4-6-12(10)11-7-8-13(14(16)9-11)15(17)18-2/h3-9,16H,1-2H3. The first-order chi connectivity index (χ1) is 8.63. The highest BCUT2D eigenvalue weighted by molar-refractivity contribution is 5.93. The van der Waals surface area contributed by atoms with Crippen LogP contribution >= 0.6 is 0 Å². The topological polar surface area (TPSA) is 46.5 Å². The highest BCUT2D eigenvalue weighted by atomic mass is 16.5. The summed E-state index contributed by atoms with van der Waals surface area (Å²) in [5.74, 6) is -0.605. The zero-order valence-electron chi connectivity index (χ0n) is 10.3. The molecule has 2 rings (SSSR count). The molecule has 0 heterocycles. The molecule has 3 nitrogen and oxygen atoms in total. The van der Waals surface area contributed by atoms with Crippen molar-refractivity contribution in [1.29, 1.82) is 0 Å². The monoisotopic (exact) mass is 242 g/mol. The van der Waals surface area contributed by atoms with Gasteiger partial charge in [0.05, 0.1) is 7.11 Å². The Labute approximate surface area is 106 Å². The molecular formula is C15H14O3. The summed E-state index contributed by atoms with van der Waals surface area (Å²) in [6.45, 7) is 2.00. The Balaban J connectivity index is 2.47. The molecular weight excluding hydrogens is 228 g/mol. The van der Waals surface area contributed by atoms with Gasteiger partial charge in [0, 0.05) is 0 Å². The van der Waals surface area contributed by atoms with Crippen LogP contribution in [0.15, 0.2) is 42.5 Å². The lowest BCUT2D eigenvalue weighted by molar-refractivity contribution is 0.0597. The van der Waals surface area contributed by atoms with Crippen molar-refractivity contribution < 1.29 is 14.6 Å². The molecule has 0 amide bonds. The summed E-state index contributed by atoms with van der Waals surface area (Å²) in [5.41, 5.74) is 3.19. The van der Waals surface area contributed by atoms with Gasteiger partial charge in [-0.15, -0.1) is 0 Å². The molecule has 0 aliphatic carbocycles. The van der Waals surface area contributed by atoms with Crippen molar-refractivity contribution in [3.8, 4) is 16.9 Å². The molecule has 0 aliphatic rings. The predicted octanol–water partition coefficient (Wildman–Crippen LogP) is 3.15. The first kappa shape index (κ1) is 12.2. The van der Waals surface area contributed by atoms with Crippen LogP contribution in [0.3, 0.4) is 0 Å². The van der Waals surface area contributed by atoms with E-state index in [0.717, 1.165) is 16.7 Å². The molecule has 1 N–H and O–H groups in total. The number of carbonyl (C=O) groups excluding carboxylic acids is 1. The van der Waals surface area contributed by atoms with Gasteiger partial charge in [0.25, 0.3) is 0 Å². The molecule has 0 saturated heterocycles. The van der Waals surface area contributed by atoms with Crippen LogP contribution < -0.4 is 0 Å². The number of hydrogen-bond donors (Lipinski definition) is 1. The molecule has 0 fully saturated rings. The molecule has 0 aliphatic heterocycles. The average molecular weight is 242 g/mol. The summed E-state index contributed by atoms with van der Waals surface area (Å²) < 4.78 is 4.59. The van der Waals surface area contributed by atoms with Gasteiger partial charge in [-0.2, -0.15) is 0 Å². The van der Waals surface area contributed by atoms with E-state index in [1.807, 2.05) is 31.2 Å². The third-order valence-corrected chi connectivity index (χ3v) is 2.86. The zero-order valence-corrected chi connectivity index (χ0v) is 10.3. The maximum Gasteiger partial charge on any atom is 0.341 e. The Morgan fingerprint density at radius 3 is 2.50 bits per heavy atom. The molecule has 18 heavy (non-hydrogen) atoms. The molecule has 0 unspecified atom stereocenters. The van der Waals surface area contributed by atoms with Gasteiger partial charge >= 0.3 is 5.97 Å². The molecule has 2 aromatic rings. The molecule has 3 heteroatoms. The van der Waals surface area contributed by atoms with E-state index in [4.69, 9.17) is 0 Å². The number of phenolic OH excluding ortho intramolecular Hbond substituents is 1. The summed E-state index contributed by atoms with van der Waals surface area (Å²) in [4.78, 5) is 11.4. The molecule has 0 atom stereocenters. The van der Waals surface area contributed by atoms with Gasteiger partial charge in [0.1, 0.15) is 11.3 Å². The highest BCUT2D eigenvalue weighted by Gasteiger charge is 2.12. The lowest BCUT2D eigenvalue weighted by Crippen LogP contribution is -2.01. The predicted molar refractivity (Wildman–Crippen MR) is 69.6 cm³/mol. The number of ether oxygens (including phenoxy) is 1. The van der Waals surface area contributed by atoms with E-state index in [2.05, 4.69) is 4.74 Å². The summed E-state index contributed by atoms with van der Waals surface area (Å²) in [5, 5.41) is 9.84. The van der Waals surface area contributed by atoms with Gasteiger partial charge in [-0.05, 0) is 35.7 Å². The summed E-state index contributed by atoms with van der Waals surface area (Å²) in [6.07, 6.45) is 0. The second kappa shape index (κ2) is 4.92. The molecule has 2 aromatic carbocycles. The molecule has 0 aromatic heterocycles. The van der Waals surface area contributed by atoms with E-state index in [9.17, 15) is 9.90 Å². The number of benzene rings is 2. The van der Waals surface area contributed by atoms with E-state index in [-0.39, 0.29) is 11.3 Å². The first-order valence-corrected chi connectivity index (χ1v) is 5.61. The minimum Gasteiger partial charge on any atom is -0.507 e. The maximum absolute atomic E-state index is 11.4. The smallest absolute Gasteiger partial charge is 0.341 e. The van der Waals surface area contributed by atoms with Crippen LogP contribution in [0.5, 0.6) is 5.75 Å². The Morgan fingerprint density at radius 1 is 1.17 bits per heavy atom. The van der Waals surface area contributed by atoms with Crippen molar-refractivity contribution in [2.75, 3.05) is 7.11 Å². The van der Waals surface area contributed by atoms with Crippen molar-refractivity contribution in [3.63, 3.8) is 0 Å². The van der Waals surface area contributed by atoms with Crippen molar-refractivity contribution in [3.05, 3.63) is 53.6 Å². The maximum atomic E-state index is 11.4. The zero-order chi connectivity index (χ0) is 13.1. The van der Waals surface area contributed by atoms with E-state index in [1.165, 1.54) is 7.11 Å². The van der Waals surface area contributed by atoms with Gasteiger partial charge in [-0.3, -0.25) is 0 Å². The number of esters is 1. The summed E-state index contributed by atoms with van der Waals surface area (Å²) >= 11 is 0. The minimum atomic E-state index is -0.538. The van der Waals surface area contributed by atoms with Crippen molar-refractivity contribution in [2.24, 2.45) is 0 Å². The number of rotatable bonds is 2. The van der Waals surface area contributed by atoms with Gasteiger partial charge in [-0.25, -0.2) is 4.79 Å². The summed E-state index contributed by atoms with van der Waals surface area (Å²) in [7, 11) is 1.29. The van der Waals surface area contributed by atoms with Gasteiger partial charge in [-0.1, -0.05) is 30.3 Å². The third-order valence-electron chi connectivity index (χ3n) is 2.86. The van der Waals surface area contributed by atoms with Gasteiger partial charge in [0.15, 0.2) is 0 Å².